The van der Waals surface area contributed by atoms with E-state index in [1.165, 1.54) is 17.8 Å². The zero-order valence-corrected chi connectivity index (χ0v) is 11.0. The zero-order valence-electron chi connectivity index (χ0n) is 10.2. The first kappa shape index (κ1) is 13.6. The van der Waals surface area contributed by atoms with Gasteiger partial charge in [0.2, 0.25) is 0 Å². The first-order chi connectivity index (χ1) is 9.15. The van der Waals surface area contributed by atoms with E-state index in [1.54, 1.807) is 24.3 Å². The van der Waals surface area contributed by atoms with Crippen molar-refractivity contribution in [3.05, 3.63) is 65.5 Å². The fourth-order valence-electron chi connectivity index (χ4n) is 1.65. The first-order valence-corrected chi connectivity index (χ1v) is 6.80. The molecule has 0 saturated carbocycles. The van der Waals surface area contributed by atoms with Crippen LogP contribution in [0.25, 0.3) is 0 Å². The van der Waals surface area contributed by atoms with Gasteiger partial charge in [-0.15, -0.1) is 11.8 Å². The van der Waals surface area contributed by atoms with Gasteiger partial charge >= 0.3 is 5.97 Å². The molecule has 0 unspecified atom stereocenters. The molecule has 0 aliphatic rings. The largest absolute Gasteiger partial charge is 0.481 e. The van der Waals surface area contributed by atoms with Crippen LogP contribution in [0.1, 0.15) is 11.1 Å². The fourth-order valence-corrected chi connectivity index (χ4v) is 2.54. The van der Waals surface area contributed by atoms with Crippen molar-refractivity contribution in [2.75, 3.05) is 0 Å². The summed E-state index contributed by atoms with van der Waals surface area (Å²) in [7, 11) is 0. The van der Waals surface area contributed by atoms with Crippen molar-refractivity contribution in [3.8, 4) is 0 Å². The normalized spacial score (nSPS) is 10.4. The summed E-state index contributed by atoms with van der Waals surface area (Å²) in [6.07, 6.45) is 0.0261. The fraction of sp³-hybridized carbons (Fsp3) is 0.133. The predicted octanol–water partition coefficient (Wildman–Crippen LogP) is 3.75. The van der Waals surface area contributed by atoms with Crippen LogP contribution < -0.4 is 0 Å². The minimum Gasteiger partial charge on any atom is -0.481 e. The number of benzene rings is 2. The van der Waals surface area contributed by atoms with Crippen LogP contribution in [-0.2, 0) is 17.0 Å². The average molecular weight is 276 g/mol. The highest BCUT2D eigenvalue weighted by molar-refractivity contribution is 7.98. The Hall–Kier alpha value is -1.81. The standard InChI is InChI=1S/C15H13FO2S/c16-14-4-2-1-3-12(14)10-19-13-7-5-11(6-8-13)9-15(17)18/h1-8H,9-10H2,(H,17,18). The molecule has 2 rings (SSSR count). The van der Waals surface area contributed by atoms with Crippen LogP contribution in [0.2, 0.25) is 0 Å². The molecule has 1 N–H and O–H groups in total. The molecular weight excluding hydrogens is 263 g/mol. The lowest BCUT2D eigenvalue weighted by Crippen LogP contribution is -1.99. The summed E-state index contributed by atoms with van der Waals surface area (Å²) in [4.78, 5) is 11.6. The van der Waals surface area contributed by atoms with Gasteiger partial charge in [0.15, 0.2) is 0 Å². The maximum atomic E-state index is 13.4. The van der Waals surface area contributed by atoms with Gasteiger partial charge in [0, 0.05) is 10.6 Å². The highest BCUT2D eigenvalue weighted by Crippen LogP contribution is 2.24. The molecule has 0 atom stereocenters. The van der Waals surface area contributed by atoms with Crippen LogP contribution >= 0.6 is 11.8 Å². The van der Waals surface area contributed by atoms with Gasteiger partial charge in [0.1, 0.15) is 5.82 Å². The highest BCUT2D eigenvalue weighted by atomic mass is 32.2. The van der Waals surface area contributed by atoms with Crippen molar-refractivity contribution < 1.29 is 14.3 Å². The molecule has 98 valence electrons. The van der Waals surface area contributed by atoms with Gasteiger partial charge in [-0.2, -0.15) is 0 Å². The minimum absolute atomic E-state index is 0.0261. The Kier molecular flexibility index (Phi) is 4.58. The molecule has 2 nitrogen and oxygen atoms in total. The molecule has 2 aromatic rings. The third-order valence-corrected chi connectivity index (χ3v) is 3.69. The molecule has 4 heteroatoms. The summed E-state index contributed by atoms with van der Waals surface area (Å²) in [5.41, 5.74) is 1.44. The number of carboxylic acids is 1. The Labute approximate surface area is 115 Å². The van der Waals surface area contributed by atoms with E-state index in [4.69, 9.17) is 5.11 Å². The predicted molar refractivity (Wildman–Crippen MR) is 73.7 cm³/mol. The van der Waals surface area contributed by atoms with E-state index in [2.05, 4.69) is 0 Å². The Morgan fingerprint density at radius 3 is 2.42 bits per heavy atom. The number of hydrogen-bond donors (Lipinski definition) is 1. The van der Waals surface area contributed by atoms with E-state index in [1.807, 2.05) is 18.2 Å². The summed E-state index contributed by atoms with van der Waals surface area (Å²) in [5.74, 6) is -0.477. The molecule has 0 aromatic heterocycles. The van der Waals surface area contributed by atoms with Gasteiger partial charge in [0.25, 0.3) is 0 Å². The molecule has 0 aliphatic carbocycles. The van der Waals surface area contributed by atoms with Crippen molar-refractivity contribution in [1.82, 2.24) is 0 Å². The van der Waals surface area contributed by atoms with E-state index in [9.17, 15) is 9.18 Å². The van der Waals surface area contributed by atoms with Gasteiger partial charge in [-0.3, -0.25) is 4.79 Å². The molecule has 0 spiro atoms. The quantitative estimate of drug-likeness (QED) is 0.845. The van der Waals surface area contributed by atoms with Gasteiger partial charge < -0.3 is 5.11 Å². The number of hydrogen-bond acceptors (Lipinski definition) is 2. The number of rotatable bonds is 5. The number of halogens is 1. The molecule has 19 heavy (non-hydrogen) atoms. The van der Waals surface area contributed by atoms with Crippen LogP contribution in [0.3, 0.4) is 0 Å². The maximum absolute atomic E-state index is 13.4. The van der Waals surface area contributed by atoms with Crippen molar-refractivity contribution >= 4 is 17.7 Å². The molecule has 2 aromatic carbocycles. The Morgan fingerprint density at radius 2 is 1.79 bits per heavy atom. The van der Waals surface area contributed by atoms with Crippen LogP contribution in [0.15, 0.2) is 53.4 Å². The molecule has 0 aliphatic heterocycles. The van der Waals surface area contributed by atoms with Crippen LogP contribution in [-0.4, -0.2) is 11.1 Å². The molecular formula is C15H13FO2S. The number of carboxylic acid groups (broad SMARTS) is 1. The van der Waals surface area contributed by atoms with Crippen molar-refractivity contribution in [2.45, 2.75) is 17.1 Å². The Balaban J connectivity index is 1.97. The summed E-state index contributed by atoms with van der Waals surface area (Å²) < 4.78 is 13.4. The molecule has 0 amide bonds. The lowest BCUT2D eigenvalue weighted by atomic mass is 10.2. The minimum atomic E-state index is -0.841. The number of carbonyl (C=O) groups is 1. The summed E-state index contributed by atoms with van der Waals surface area (Å²) in [6, 6.07) is 14.0. The van der Waals surface area contributed by atoms with Gasteiger partial charge in [-0.25, -0.2) is 4.39 Å². The van der Waals surface area contributed by atoms with Crippen LogP contribution in [0, 0.1) is 5.82 Å². The summed E-state index contributed by atoms with van der Waals surface area (Å²) in [5, 5.41) is 8.67. The van der Waals surface area contributed by atoms with Crippen molar-refractivity contribution in [1.29, 1.82) is 0 Å². The number of thioether (sulfide) groups is 1. The van der Waals surface area contributed by atoms with Crippen LogP contribution in [0.5, 0.6) is 0 Å². The monoisotopic (exact) mass is 276 g/mol. The molecule has 0 heterocycles. The Morgan fingerprint density at radius 1 is 1.11 bits per heavy atom. The van der Waals surface area contributed by atoms with Crippen molar-refractivity contribution in [2.24, 2.45) is 0 Å². The molecule has 0 radical (unpaired) electrons. The SMILES string of the molecule is O=C(O)Cc1ccc(SCc2ccccc2F)cc1. The lowest BCUT2D eigenvalue weighted by molar-refractivity contribution is -0.136. The van der Waals surface area contributed by atoms with E-state index < -0.39 is 5.97 Å². The van der Waals surface area contributed by atoms with E-state index in [-0.39, 0.29) is 12.2 Å². The number of aliphatic carboxylic acids is 1. The molecule has 0 fully saturated rings. The third kappa shape index (κ3) is 4.10. The Bertz CT molecular complexity index is 567. The second kappa shape index (κ2) is 6.38. The summed E-state index contributed by atoms with van der Waals surface area (Å²) in [6.45, 7) is 0. The third-order valence-electron chi connectivity index (χ3n) is 2.63. The maximum Gasteiger partial charge on any atom is 0.307 e. The second-order valence-corrected chi connectivity index (χ2v) is 5.14. The second-order valence-electron chi connectivity index (χ2n) is 4.09. The zero-order chi connectivity index (χ0) is 13.7. The molecule has 0 saturated heterocycles. The average Bonchev–Trinajstić information content (AvgIpc) is 2.39. The highest BCUT2D eigenvalue weighted by Gasteiger charge is 2.03. The smallest absolute Gasteiger partial charge is 0.307 e. The van der Waals surface area contributed by atoms with Crippen molar-refractivity contribution in [3.63, 3.8) is 0 Å². The van der Waals surface area contributed by atoms with Gasteiger partial charge in [0.05, 0.1) is 6.42 Å². The topological polar surface area (TPSA) is 37.3 Å². The van der Waals surface area contributed by atoms with Crippen LogP contribution in [0.4, 0.5) is 4.39 Å². The molecule has 0 bridgehead atoms. The summed E-state index contributed by atoms with van der Waals surface area (Å²) >= 11 is 1.53. The van der Waals surface area contributed by atoms with E-state index in [0.717, 1.165) is 10.5 Å². The lowest BCUT2D eigenvalue weighted by Gasteiger charge is -2.04. The van der Waals surface area contributed by atoms with E-state index in [0.29, 0.717) is 11.3 Å². The first-order valence-electron chi connectivity index (χ1n) is 5.82. The van der Waals surface area contributed by atoms with E-state index >= 15 is 0 Å². The van der Waals surface area contributed by atoms with Gasteiger partial charge in [-0.1, -0.05) is 30.3 Å². The van der Waals surface area contributed by atoms with Gasteiger partial charge in [-0.05, 0) is 29.3 Å².